The molecular formula is C6H12O4S. The van der Waals surface area contributed by atoms with Crippen molar-refractivity contribution in [3.05, 3.63) is 12.2 Å². The van der Waals surface area contributed by atoms with Gasteiger partial charge >= 0.3 is 0 Å². The summed E-state index contributed by atoms with van der Waals surface area (Å²) in [6.45, 7) is 0.0579. The highest BCUT2D eigenvalue weighted by Crippen LogP contribution is 1.91. The number of aliphatic hydroxyl groups is 1. The highest BCUT2D eigenvalue weighted by molar-refractivity contribution is 7.85. The first kappa shape index (κ1) is 10.6. The van der Waals surface area contributed by atoms with Gasteiger partial charge in [-0.3, -0.25) is 4.55 Å². The Hall–Kier alpha value is -0.390. The minimum atomic E-state index is -3.83. The van der Waals surface area contributed by atoms with Crippen LogP contribution in [0.2, 0.25) is 0 Å². The minimum Gasteiger partial charge on any atom is -0.396 e. The molecule has 4 nitrogen and oxygen atoms in total. The van der Waals surface area contributed by atoms with E-state index in [1.54, 1.807) is 12.2 Å². The van der Waals surface area contributed by atoms with Gasteiger partial charge in [0.1, 0.15) is 0 Å². The Kier molecular flexibility index (Phi) is 5.10. The fourth-order valence-corrected chi connectivity index (χ4v) is 0.961. The molecule has 0 radical (unpaired) electrons. The molecule has 0 aliphatic rings. The summed E-state index contributed by atoms with van der Waals surface area (Å²) in [7, 11) is -3.83. The van der Waals surface area contributed by atoms with Crippen molar-refractivity contribution in [2.75, 3.05) is 12.4 Å². The lowest BCUT2D eigenvalue weighted by molar-refractivity contribution is 0.302. The quantitative estimate of drug-likeness (QED) is 0.468. The molecule has 0 rings (SSSR count). The number of aliphatic hydroxyl groups excluding tert-OH is 1. The lowest BCUT2D eigenvalue weighted by Crippen LogP contribution is -2.01. The summed E-state index contributed by atoms with van der Waals surface area (Å²) in [6, 6.07) is 0. The van der Waals surface area contributed by atoms with E-state index in [2.05, 4.69) is 0 Å². The van der Waals surface area contributed by atoms with Crippen LogP contribution in [0.1, 0.15) is 12.8 Å². The molecule has 0 aromatic carbocycles. The summed E-state index contributed by atoms with van der Waals surface area (Å²) in [4.78, 5) is 0. The number of allylic oxidation sites excluding steroid dienone is 1. The molecule has 66 valence electrons. The molecule has 0 amide bonds. The summed E-state index contributed by atoms with van der Waals surface area (Å²) in [5.74, 6) is -0.255. The molecule has 11 heavy (non-hydrogen) atoms. The van der Waals surface area contributed by atoms with E-state index in [-0.39, 0.29) is 12.4 Å². The van der Waals surface area contributed by atoms with Crippen molar-refractivity contribution in [3.63, 3.8) is 0 Å². The van der Waals surface area contributed by atoms with E-state index in [1.165, 1.54) is 0 Å². The molecule has 0 saturated heterocycles. The first-order valence-electron chi connectivity index (χ1n) is 3.27. The van der Waals surface area contributed by atoms with Gasteiger partial charge < -0.3 is 5.11 Å². The Balaban J connectivity index is 3.42. The molecule has 5 heteroatoms. The van der Waals surface area contributed by atoms with Crippen molar-refractivity contribution < 1.29 is 18.1 Å². The van der Waals surface area contributed by atoms with Crippen LogP contribution >= 0.6 is 0 Å². The van der Waals surface area contributed by atoms with Crippen LogP contribution in [0.25, 0.3) is 0 Å². The maximum absolute atomic E-state index is 10.1. The molecule has 0 aliphatic heterocycles. The third-order valence-corrected chi connectivity index (χ3v) is 1.76. The van der Waals surface area contributed by atoms with E-state index < -0.39 is 10.1 Å². The van der Waals surface area contributed by atoms with Crippen molar-refractivity contribution in [2.24, 2.45) is 0 Å². The van der Waals surface area contributed by atoms with Gasteiger partial charge in [-0.1, -0.05) is 12.2 Å². The van der Waals surface area contributed by atoms with Crippen LogP contribution in [0.15, 0.2) is 12.2 Å². The van der Waals surface area contributed by atoms with E-state index in [1.807, 2.05) is 0 Å². The van der Waals surface area contributed by atoms with Crippen molar-refractivity contribution in [3.8, 4) is 0 Å². The van der Waals surface area contributed by atoms with Gasteiger partial charge in [-0.25, -0.2) is 0 Å². The Morgan fingerprint density at radius 2 is 1.73 bits per heavy atom. The number of hydrogen-bond acceptors (Lipinski definition) is 3. The highest BCUT2D eigenvalue weighted by Gasteiger charge is 1.99. The van der Waals surface area contributed by atoms with Crippen molar-refractivity contribution in [1.29, 1.82) is 0 Å². The van der Waals surface area contributed by atoms with Gasteiger partial charge in [0.15, 0.2) is 0 Å². The molecule has 0 aromatic heterocycles. The lowest BCUT2D eigenvalue weighted by atomic mass is 10.3. The van der Waals surface area contributed by atoms with Gasteiger partial charge in [0.05, 0.1) is 5.75 Å². The van der Waals surface area contributed by atoms with Crippen molar-refractivity contribution in [2.45, 2.75) is 12.8 Å². The fourth-order valence-electron chi connectivity index (χ4n) is 0.527. The van der Waals surface area contributed by atoms with E-state index in [0.29, 0.717) is 12.8 Å². The van der Waals surface area contributed by atoms with Gasteiger partial charge in [0.2, 0.25) is 0 Å². The standard InChI is InChI=1S/C6H12O4S/c7-5-3-1-2-4-6-11(8,9)10/h1-2,7H,3-6H2,(H,8,9,10)/b2-1+. The van der Waals surface area contributed by atoms with Gasteiger partial charge in [-0.15, -0.1) is 0 Å². The molecule has 0 unspecified atom stereocenters. The monoisotopic (exact) mass is 180 g/mol. The highest BCUT2D eigenvalue weighted by atomic mass is 32.2. The zero-order valence-corrected chi connectivity index (χ0v) is 6.92. The summed E-state index contributed by atoms with van der Waals surface area (Å²) in [5, 5.41) is 8.31. The number of rotatable bonds is 5. The largest absolute Gasteiger partial charge is 0.396 e. The topological polar surface area (TPSA) is 74.6 Å². The predicted molar refractivity (Wildman–Crippen MR) is 41.9 cm³/mol. The zero-order valence-electron chi connectivity index (χ0n) is 6.10. The summed E-state index contributed by atoms with van der Waals surface area (Å²) in [5.41, 5.74) is 0. The van der Waals surface area contributed by atoms with Crippen molar-refractivity contribution in [1.82, 2.24) is 0 Å². The van der Waals surface area contributed by atoms with Gasteiger partial charge in [-0.05, 0) is 12.8 Å². The van der Waals surface area contributed by atoms with Crippen LogP contribution in [-0.4, -0.2) is 30.4 Å². The van der Waals surface area contributed by atoms with Crippen molar-refractivity contribution >= 4 is 10.1 Å². The first-order valence-corrected chi connectivity index (χ1v) is 4.88. The van der Waals surface area contributed by atoms with E-state index in [9.17, 15) is 8.42 Å². The van der Waals surface area contributed by atoms with E-state index in [4.69, 9.17) is 9.66 Å². The molecule has 0 atom stereocenters. The first-order chi connectivity index (χ1) is 5.06. The predicted octanol–water partition coefficient (Wildman–Crippen LogP) is 0.203. The minimum absolute atomic E-state index is 0.0579. The lowest BCUT2D eigenvalue weighted by Gasteiger charge is -1.90. The SMILES string of the molecule is O=S(=O)(O)CC/C=C/CCO. The molecule has 0 aromatic rings. The van der Waals surface area contributed by atoms with Crippen LogP contribution < -0.4 is 0 Å². The summed E-state index contributed by atoms with van der Waals surface area (Å²) < 4.78 is 28.5. The maximum Gasteiger partial charge on any atom is 0.265 e. The average molecular weight is 180 g/mol. The van der Waals surface area contributed by atoms with Gasteiger partial charge in [-0.2, -0.15) is 8.42 Å². The van der Waals surface area contributed by atoms with E-state index in [0.717, 1.165) is 0 Å². The second-order valence-electron chi connectivity index (χ2n) is 2.06. The normalized spacial score (nSPS) is 12.5. The fraction of sp³-hybridized carbons (Fsp3) is 0.667. The van der Waals surface area contributed by atoms with Crippen LogP contribution in [0.4, 0.5) is 0 Å². The van der Waals surface area contributed by atoms with Gasteiger partial charge in [0.25, 0.3) is 10.1 Å². The van der Waals surface area contributed by atoms with Crippen LogP contribution in [0.3, 0.4) is 0 Å². The zero-order chi connectivity index (χ0) is 8.74. The molecule has 0 spiro atoms. The van der Waals surface area contributed by atoms with Gasteiger partial charge in [0, 0.05) is 6.61 Å². The number of hydrogen-bond donors (Lipinski definition) is 2. The molecule has 2 N–H and O–H groups in total. The molecular weight excluding hydrogens is 168 g/mol. The maximum atomic E-state index is 10.1. The third-order valence-electron chi connectivity index (χ3n) is 1.00. The summed E-state index contributed by atoms with van der Waals surface area (Å²) in [6.07, 6.45) is 4.10. The Morgan fingerprint density at radius 3 is 2.18 bits per heavy atom. The van der Waals surface area contributed by atoms with Crippen LogP contribution in [0.5, 0.6) is 0 Å². The molecule has 0 fully saturated rings. The Bertz CT molecular complexity index is 205. The molecule has 0 heterocycles. The Morgan fingerprint density at radius 1 is 1.18 bits per heavy atom. The molecule has 0 saturated carbocycles. The van der Waals surface area contributed by atoms with E-state index >= 15 is 0 Å². The third kappa shape index (κ3) is 9.61. The van der Waals surface area contributed by atoms with Crippen LogP contribution in [0, 0.1) is 0 Å². The average Bonchev–Trinajstić information content (AvgIpc) is 1.85. The Labute approximate surface area is 66.3 Å². The van der Waals surface area contributed by atoms with Crippen LogP contribution in [-0.2, 0) is 10.1 Å². The molecule has 0 bridgehead atoms. The second kappa shape index (κ2) is 5.29. The molecule has 0 aliphatic carbocycles. The summed E-state index contributed by atoms with van der Waals surface area (Å²) >= 11 is 0. The second-order valence-corrected chi connectivity index (χ2v) is 3.63. The smallest absolute Gasteiger partial charge is 0.265 e.